The Hall–Kier alpha value is -1.09. The molecule has 0 aromatic carbocycles. The first-order valence-corrected chi connectivity index (χ1v) is 7.20. The van der Waals surface area contributed by atoms with Gasteiger partial charge in [-0.25, -0.2) is 4.98 Å². The fraction of sp³-hybridized carbons (Fsp3) is 0.667. The van der Waals surface area contributed by atoms with Crippen LogP contribution in [0.15, 0.2) is 18.3 Å². The summed E-state index contributed by atoms with van der Waals surface area (Å²) in [4.78, 5) is 7.15. The van der Waals surface area contributed by atoms with Crippen molar-refractivity contribution in [3.63, 3.8) is 0 Å². The molecule has 1 aliphatic heterocycles. The molecule has 1 fully saturated rings. The van der Waals surface area contributed by atoms with Crippen LogP contribution in [0, 0.1) is 0 Å². The molecule has 18 heavy (non-hydrogen) atoms. The average molecular weight is 247 g/mol. The first kappa shape index (κ1) is 13.3. The molecule has 2 atom stereocenters. The van der Waals surface area contributed by atoms with E-state index < -0.39 is 0 Å². The lowest BCUT2D eigenvalue weighted by atomic mass is 10.1. The quantitative estimate of drug-likeness (QED) is 0.867. The third-order valence-corrected chi connectivity index (χ3v) is 3.91. The molecule has 1 aliphatic rings. The lowest BCUT2D eigenvalue weighted by Crippen LogP contribution is -2.34. The lowest BCUT2D eigenvalue weighted by molar-refractivity contribution is 0.620. The van der Waals surface area contributed by atoms with Gasteiger partial charge in [-0.05, 0) is 44.4 Å². The van der Waals surface area contributed by atoms with E-state index in [9.17, 15) is 0 Å². The van der Waals surface area contributed by atoms with Crippen molar-refractivity contribution >= 4 is 5.82 Å². The fourth-order valence-electron chi connectivity index (χ4n) is 2.83. The molecule has 100 valence electrons. The van der Waals surface area contributed by atoms with Crippen molar-refractivity contribution in [1.82, 2.24) is 10.3 Å². The van der Waals surface area contributed by atoms with E-state index in [4.69, 9.17) is 0 Å². The van der Waals surface area contributed by atoms with Crippen molar-refractivity contribution < 1.29 is 0 Å². The summed E-state index contributed by atoms with van der Waals surface area (Å²) in [5.41, 5.74) is 1.26. The normalized spacial score (nSPS) is 23.6. The standard InChI is InChI=1S/C15H25N3/c1-4-14-8-6-12(3)18(14)15-9-7-13(11-17-15)10-16-5-2/h7,9,11-12,14,16H,4-6,8,10H2,1-3H3. The lowest BCUT2D eigenvalue weighted by Gasteiger charge is -2.29. The Morgan fingerprint density at radius 1 is 1.33 bits per heavy atom. The molecular formula is C15H25N3. The van der Waals surface area contributed by atoms with Crippen LogP contribution < -0.4 is 10.2 Å². The molecule has 0 bridgehead atoms. The number of hydrogen-bond acceptors (Lipinski definition) is 3. The van der Waals surface area contributed by atoms with Crippen LogP contribution in [0.25, 0.3) is 0 Å². The van der Waals surface area contributed by atoms with E-state index in [1.165, 1.54) is 24.8 Å². The van der Waals surface area contributed by atoms with Gasteiger partial charge in [0, 0.05) is 24.8 Å². The predicted octanol–water partition coefficient (Wildman–Crippen LogP) is 2.96. The van der Waals surface area contributed by atoms with Crippen molar-refractivity contribution in [3.8, 4) is 0 Å². The molecule has 2 unspecified atom stereocenters. The molecule has 0 amide bonds. The van der Waals surface area contributed by atoms with Gasteiger partial charge in [0.25, 0.3) is 0 Å². The maximum Gasteiger partial charge on any atom is 0.128 e. The maximum absolute atomic E-state index is 4.65. The van der Waals surface area contributed by atoms with Gasteiger partial charge in [-0.3, -0.25) is 0 Å². The summed E-state index contributed by atoms with van der Waals surface area (Å²) < 4.78 is 0. The first-order chi connectivity index (χ1) is 8.76. The number of nitrogens with one attached hydrogen (secondary N) is 1. The molecule has 0 spiro atoms. The van der Waals surface area contributed by atoms with E-state index in [2.05, 4.69) is 48.1 Å². The molecule has 1 aromatic heterocycles. The van der Waals surface area contributed by atoms with Crippen LogP contribution in [0.1, 0.15) is 45.6 Å². The van der Waals surface area contributed by atoms with Gasteiger partial charge in [0.2, 0.25) is 0 Å². The highest BCUT2D eigenvalue weighted by molar-refractivity contribution is 5.43. The van der Waals surface area contributed by atoms with Crippen molar-refractivity contribution in [2.75, 3.05) is 11.4 Å². The molecule has 2 heterocycles. The minimum atomic E-state index is 0.627. The first-order valence-electron chi connectivity index (χ1n) is 7.20. The van der Waals surface area contributed by atoms with E-state index in [1.807, 2.05) is 6.20 Å². The van der Waals surface area contributed by atoms with E-state index in [0.717, 1.165) is 18.9 Å². The van der Waals surface area contributed by atoms with Crippen molar-refractivity contribution in [3.05, 3.63) is 23.9 Å². The van der Waals surface area contributed by atoms with Crippen LogP contribution >= 0.6 is 0 Å². The van der Waals surface area contributed by atoms with Gasteiger partial charge in [0.05, 0.1) is 0 Å². The molecule has 1 aromatic rings. The molecule has 3 nitrogen and oxygen atoms in total. The van der Waals surface area contributed by atoms with Crippen molar-refractivity contribution in [2.45, 2.75) is 58.7 Å². The Bertz CT molecular complexity index is 361. The summed E-state index contributed by atoms with van der Waals surface area (Å²) in [5.74, 6) is 1.15. The van der Waals surface area contributed by atoms with Crippen molar-refractivity contribution in [2.24, 2.45) is 0 Å². The molecular weight excluding hydrogens is 222 g/mol. The van der Waals surface area contributed by atoms with Crippen LogP contribution in [0.5, 0.6) is 0 Å². The second-order valence-electron chi connectivity index (χ2n) is 5.20. The number of hydrogen-bond donors (Lipinski definition) is 1. The van der Waals surface area contributed by atoms with Gasteiger partial charge >= 0.3 is 0 Å². The minimum absolute atomic E-state index is 0.627. The molecule has 0 aliphatic carbocycles. The minimum Gasteiger partial charge on any atom is -0.351 e. The Morgan fingerprint density at radius 3 is 2.78 bits per heavy atom. The van der Waals surface area contributed by atoms with Gasteiger partial charge in [-0.2, -0.15) is 0 Å². The summed E-state index contributed by atoms with van der Waals surface area (Å²) in [6.07, 6.45) is 5.82. The van der Waals surface area contributed by atoms with Gasteiger partial charge < -0.3 is 10.2 Å². The fourth-order valence-corrected chi connectivity index (χ4v) is 2.83. The SMILES string of the molecule is CCNCc1ccc(N2C(C)CCC2CC)nc1. The summed E-state index contributed by atoms with van der Waals surface area (Å²) in [5, 5.41) is 3.33. The second kappa shape index (κ2) is 6.19. The van der Waals surface area contributed by atoms with Crippen LogP contribution in [-0.2, 0) is 6.54 Å². The number of aromatic nitrogens is 1. The van der Waals surface area contributed by atoms with Gasteiger partial charge in [0.1, 0.15) is 5.82 Å². The maximum atomic E-state index is 4.65. The van der Waals surface area contributed by atoms with Crippen LogP contribution in [-0.4, -0.2) is 23.6 Å². The van der Waals surface area contributed by atoms with Crippen LogP contribution in [0.4, 0.5) is 5.82 Å². The Kier molecular flexibility index (Phi) is 4.59. The largest absolute Gasteiger partial charge is 0.351 e. The van der Waals surface area contributed by atoms with Crippen molar-refractivity contribution in [1.29, 1.82) is 0 Å². The third kappa shape index (κ3) is 2.83. The van der Waals surface area contributed by atoms with E-state index in [1.54, 1.807) is 0 Å². The van der Waals surface area contributed by atoms with Gasteiger partial charge in [0.15, 0.2) is 0 Å². The third-order valence-electron chi connectivity index (χ3n) is 3.91. The van der Waals surface area contributed by atoms with Crippen LogP contribution in [0.2, 0.25) is 0 Å². The topological polar surface area (TPSA) is 28.2 Å². The Labute approximate surface area is 111 Å². The molecule has 0 radical (unpaired) electrons. The predicted molar refractivity (Wildman–Crippen MR) is 76.9 cm³/mol. The monoisotopic (exact) mass is 247 g/mol. The second-order valence-corrected chi connectivity index (χ2v) is 5.20. The zero-order valence-corrected chi connectivity index (χ0v) is 11.8. The molecule has 2 rings (SSSR count). The number of rotatable bonds is 5. The number of anilines is 1. The van der Waals surface area contributed by atoms with E-state index in [-0.39, 0.29) is 0 Å². The summed E-state index contributed by atoms with van der Waals surface area (Å²) in [6.45, 7) is 8.62. The van der Waals surface area contributed by atoms with E-state index in [0.29, 0.717) is 12.1 Å². The highest BCUT2D eigenvalue weighted by Crippen LogP contribution is 2.30. The molecule has 0 saturated carbocycles. The highest BCUT2D eigenvalue weighted by Gasteiger charge is 2.29. The molecule has 1 N–H and O–H groups in total. The van der Waals surface area contributed by atoms with Gasteiger partial charge in [-0.1, -0.05) is 19.9 Å². The highest BCUT2D eigenvalue weighted by atomic mass is 15.2. The van der Waals surface area contributed by atoms with E-state index >= 15 is 0 Å². The zero-order chi connectivity index (χ0) is 13.0. The van der Waals surface area contributed by atoms with Gasteiger partial charge in [-0.15, -0.1) is 0 Å². The number of pyridine rings is 1. The zero-order valence-electron chi connectivity index (χ0n) is 11.8. The molecule has 1 saturated heterocycles. The summed E-state index contributed by atoms with van der Waals surface area (Å²) in [7, 11) is 0. The Morgan fingerprint density at radius 2 is 2.17 bits per heavy atom. The summed E-state index contributed by atoms with van der Waals surface area (Å²) in [6, 6.07) is 5.68. The average Bonchev–Trinajstić information content (AvgIpc) is 2.78. The Balaban J connectivity index is 2.08. The molecule has 3 heteroatoms. The van der Waals surface area contributed by atoms with Crippen LogP contribution in [0.3, 0.4) is 0 Å². The number of nitrogens with zero attached hydrogens (tertiary/aromatic N) is 2. The smallest absolute Gasteiger partial charge is 0.128 e. The summed E-state index contributed by atoms with van der Waals surface area (Å²) >= 11 is 0.